The Hall–Kier alpha value is -3.33. The summed E-state index contributed by atoms with van der Waals surface area (Å²) in [5.74, 6) is -0.554. The van der Waals surface area contributed by atoms with Crippen LogP contribution in [0.2, 0.25) is 0 Å². The molecule has 157 valence electrons. The number of benzene rings is 1. The Bertz CT molecular complexity index is 975. The van der Waals surface area contributed by atoms with Gasteiger partial charge in [-0.25, -0.2) is 0 Å². The van der Waals surface area contributed by atoms with E-state index >= 15 is 0 Å². The van der Waals surface area contributed by atoms with Crippen molar-refractivity contribution in [1.29, 1.82) is 0 Å². The van der Waals surface area contributed by atoms with Gasteiger partial charge in [-0.3, -0.25) is 0 Å². The zero-order chi connectivity index (χ0) is 21.7. The van der Waals surface area contributed by atoms with Gasteiger partial charge in [0.05, 0.1) is 0 Å². The number of imide groups is 1. The van der Waals surface area contributed by atoms with Crippen molar-refractivity contribution in [1.82, 2.24) is 20.2 Å². The van der Waals surface area contributed by atoms with E-state index < -0.39 is 38.4 Å². The number of hydrogen-bond donors (Lipinski definition) is 2. The molecule has 1 fully saturated rings. The molecule has 0 aliphatic carbocycles. The number of carbonyl (C=O) groups excluding carboxylic acids is 3. The molecule has 3 rings (SSSR count). The van der Waals surface area contributed by atoms with Crippen molar-refractivity contribution < 1.29 is 33.9 Å². The molecule has 11 nitrogen and oxygen atoms in total. The number of carbonyl (C=O) groups is 4. The van der Waals surface area contributed by atoms with E-state index in [2.05, 4.69) is 10.4 Å². The Morgan fingerprint density at radius 2 is 1.97 bits per heavy atom. The standard InChI is InChI=1S/C18H18AsN4O7/c1-22-13(6-7-21-22)12-10-11(2-3-14(12)29-9-8-20-18(27)28)19-17(26)30-23-15(24)4-5-16(23)25/h2-3,6-7,10,20H,4-5,8-9H2,1H3,(H,27,28). The molecule has 0 bridgehead atoms. The second-order valence-corrected chi connectivity index (χ2v) is 8.47. The predicted molar refractivity (Wildman–Crippen MR) is 103 cm³/mol. The Morgan fingerprint density at radius 3 is 2.60 bits per heavy atom. The number of aryl methyl sites for hydroxylation is 1. The van der Waals surface area contributed by atoms with E-state index in [1.807, 2.05) is 0 Å². The van der Waals surface area contributed by atoms with Gasteiger partial charge >= 0.3 is 177 Å². The van der Waals surface area contributed by atoms with Gasteiger partial charge in [-0.1, -0.05) is 0 Å². The van der Waals surface area contributed by atoms with Gasteiger partial charge in [0, 0.05) is 0 Å². The number of amides is 3. The Kier molecular flexibility index (Phi) is 6.73. The molecule has 1 saturated heterocycles. The summed E-state index contributed by atoms with van der Waals surface area (Å²) in [5, 5.41) is 15.5. The summed E-state index contributed by atoms with van der Waals surface area (Å²) >= 11 is -1.15. The minimum atomic E-state index is -1.15. The second-order valence-electron chi connectivity index (χ2n) is 6.15. The first-order chi connectivity index (χ1) is 14.3. The van der Waals surface area contributed by atoms with Gasteiger partial charge in [-0.2, -0.15) is 0 Å². The van der Waals surface area contributed by atoms with Crippen LogP contribution >= 0.6 is 0 Å². The van der Waals surface area contributed by atoms with Gasteiger partial charge < -0.3 is 0 Å². The van der Waals surface area contributed by atoms with E-state index in [9.17, 15) is 19.2 Å². The van der Waals surface area contributed by atoms with Gasteiger partial charge in [0.1, 0.15) is 0 Å². The molecule has 0 spiro atoms. The molecule has 2 aromatic rings. The van der Waals surface area contributed by atoms with Gasteiger partial charge in [-0.15, -0.1) is 0 Å². The van der Waals surface area contributed by atoms with E-state index in [1.54, 1.807) is 42.2 Å². The molecule has 3 amide bonds. The zero-order valence-electron chi connectivity index (χ0n) is 15.9. The normalized spacial score (nSPS) is 13.8. The molecular formula is C18H18AsN4O7. The molecule has 0 saturated carbocycles. The summed E-state index contributed by atoms with van der Waals surface area (Å²) in [6.07, 6.45) is 0.550. The summed E-state index contributed by atoms with van der Waals surface area (Å²) in [7, 11) is 1.75. The number of hydrogen-bond acceptors (Lipinski definition) is 7. The van der Waals surface area contributed by atoms with E-state index in [0.29, 0.717) is 20.7 Å². The van der Waals surface area contributed by atoms with E-state index in [-0.39, 0.29) is 26.0 Å². The van der Waals surface area contributed by atoms with Crippen molar-refractivity contribution in [2.24, 2.45) is 7.05 Å². The number of ether oxygens (including phenoxy) is 1. The molecule has 1 aromatic heterocycles. The molecular weight excluding hydrogens is 459 g/mol. The van der Waals surface area contributed by atoms with Crippen molar-refractivity contribution in [3.05, 3.63) is 30.5 Å². The van der Waals surface area contributed by atoms with Crippen LogP contribution in [0.5, 0.6) is 5.75 Å². The third kappa shape index (κ3) is 5.18. The summed E-state index contributed by atoms with van der Waals surface area (Å²) in [5.41, 5.74) is 1.40. The topological polar surface area (TPSA) is 140 Å². The van der Waals surface area contributed by atoms with E-state index in [0.717, 1.165) is 5.69 Å². The molecule has 2 N–H and O–H groups in total. The third-order valence-electron chi connectivity index (χ3n) is 4.09. The summed E-state index contributed by atoms with van der Waals surface area (Å²) in [6, 6.07) is 6.89. The van der Waals surface area contributed by atoms with Crippen LogP contribution < -0.4 is 14.4 Å². The van der Waals surface area contributed by atoms with Crippen molar-refractivity contribution in [2.45, 2.75) is 12.8 Å². The molecule has 2 heterocycles. The first kappa shape index (κ1) is 21.4. The third-order valence-corrected chi connectivity index (χ3v) is 5.77. The zero-order valence-corrected chi connectivity index (χ0v) is 17.8. The molecule has 1 radical (unpaired) electrons. The monoisotopic (exact) mass is 477 g/mol. The second kappa shape index (κ2) is 9.44. The maximum absolute atomic E-state index is 12.2. The van der Waals surface area contributed by atoms with Crippen LogP contribution in [0.25, 0.3) is 11.3 Å². The molecule has 1 aliphatic rings. The first-order valence-corrected chi connectivity index (χ1v) is 10.7. The van der Waals surface area contributed by atoms with Crippen LogP contribution in [0, 0.1) is 0 Å². The molecule has 1 aliphatic heterocycles. The molecule has 1 aromatic carbocycles. The Morgan fingerprint density at radius 1 is 1.23 bits per heavy atom. The number of hydroxylamine groups is 2. The number of rotatable bonds is 8. The van der Waals surface area contributed by atoms with Crippen molar-refractivity contribution in [3.8, 4) is 17.0 Å². The van der Waals surface area contributed by atoms with Gasteiger partial charge in [-0.05, 0) is 0 Å². The van der Waals surface area contributed by atoms with Crippen LogP contribution in [0.3, 0.4) is 0 Å². The fourth-order valence-electron chi connectivity index (χ4n) is 2.73. The number of carboxylic acid groups (broad SMARTS) is 1. The quantitative estimate of drug-likeness (QED) is 0.314. The number of aromatic nitrogens is 2. The molecule has 30 heavy (non-hydrogen) atoms. The van der Waals surface area contributed by atoms with Crippen LogP contribution in [-0.4, -0.2) is 71.5 Å². The summed E-state index contributed by atoms with van der Waals surface area (Å²) < 4.78 is 7.35. The predicted octanol–water partition coefficient (Wildman–Crippen LogP) is 0.264. The van der Waals surface area contributed by atoms with Crippen molar-refractivity contribution in [2.75, 3.05) is 13.2 Å². The van der Waals surface area contributed by atoms with Crippen LogP contribution in [0.15, 0.2) is 30.5 Å². The minimum absolute atomic E-state index is 0.0377. The fraction of sp³-hybridized carbons (Fsp3) is 0.278. The summed E-state index contributed by atoms with van der Waals surface area (Å²) in [4.78, 5) is 51.0. The number of nitrogens with one attached hydrogen (secondary N) is 1. The summed E-state index contributed by atoms with van der Waals surface area (Å²) in [6.45, 7) is 0.226. The van der Waals surface area contributed by atoms with Crippen molar-refractivity contribution >= 4 is 42.8 Å². The van der Waals surface area contributed by atoms with Gasteiger partial charge in [0.15, 0.2) is 0 Å². The van der Waals surface area contributed by atoms with Crippen LogP contribution in [0.1, 0.15) is 12.8 Å². The molecule has 12 heteroatoms. The van der Waals surface area contributed by atoms with Crippen LogP contribution in [-0.2, 0) is 21.5 Å². The Labute approximate surface area is 177 Å². The van der Waals surface area contributed by atoms with Gasteiger partial charge in [0.2, 0.25) is 0 Å². The average molecular weight is 477 g/mol. The van der Waals surface area contributed by atoms with E-state index in [4.69, 9.17) is 14.7 Å². The van der Waals surface area contributed by atoms with Gasteiger partial charge in [0.25, 0.3) is 0 Å². The fourth-order valence-corrected chi connectivity index (χ4v) is 4.15. The Balaban J connectivity index is 1.75. The van der Waals surface area contributed by atoms with Crippen LogP contribution in [0.4, 0.5) is 9.59 Å². The van der Waals surface area contributed by atoms with E-state index in [1.165, 1.54) is 0 Å². The van der Waals surface area contributed by atoms with Crippen molar-refractivity contribution in [3.63, 3.8) is 0 Å². The number of nitrogens with zero attached hydrogens (tertiary/aromatic N) is 3. The SMILES string of the molecule is Cn1nccc1-c1cc([As]C(=O)ON2C(=O)CCC2=O)ccc1OCCNC(=O)O. The maximum atomic E-state index is 12.2. The molecule has 0 atom stereocenters. The average Bonchev–Trinajstić information content (AvgIpc) is 3.26. The first-order valence-electron chi connectivity index (χ1n) is 8.86. The molecule has 0 unspecified atom stereocenters.